The van der Waals surface area contributed by atoms with Crippen molar-refractivity contribution in [3.8, 4) is 11.5 Å². The van der Waals surface area contributed by atoms with Gasteiger partial charge in [0.25, 0.3) is 0 Å². The van der Waals surface area contributed by atoms with Gasteiger partial charge in [-0.05, 0) is 33.6 Å². The number of methoxy groups -OCH3 is 1. The molecule has 2 heterocycles. The van der Waals surface area contributed by atoms with Crippen molar-refractivity contribution in [2.45, 2.75) is 0 Å². The predicted molar refractivity (Wildman–Crippen MR) is 98.6 cm³/mol. The number of morpholine rings is 1. The third-order valence-corrected chi connectivity index (χ3v) is 4.29. The Bertz CT molecular complexity index is 815. The molecule has 0 saturated carbocycles. The average Bonchev–Trinajstić information content (AvgIpc) is 2.66. The first-order valence-corrected chi connectivity index (χ1v) is 8.58. The maximum atomic E-state index is 14.0. The SMILES string of the molecule is COc1cc(C=NNc2ncc(F)c(N3CCOCC3)n2)cc(Br)c1O. The van der Waals surface area contributed by atoms with E-state index in [1.807, 2.05) is 0 Å². The largest absolute Gasteiger partial charge is 0.503 e. The van der Waals surface area contributed by atoms with Gasteiger partial charge in [0.2, 0.25) is 5.95 Å². The van der Waals surface area contributed by atoms with Crippen LogP contribution in [0.3, 0.4) is 0 Å². The summed E-state index contributed by atoms with van der Waals surface area (Å²) in [6.07, 6.45) is 2.61. The van der Waals surface area contributed by atoms with E-state index in [-0.39, 0.29) is 17.5 Å². The van der Waals surface area contributed by atoms with Gasteiger partial charge in [0.1, 0.15) is 0 Å². The van der Waals surface area contributed by atoms with Crippen molar-refractivity contribution in [3.05, 3.63) is 34.2 Å². The molecule has 26 heavy (non-hydrogen) atoms. The molecule has 1 aromatic heterocycles. The number of anilines is 2. The number of hydrazone groups is 1. The lowest BCUT2D eigenvalue weighted by Gasteiger charge is -2.27. The van der Waals surface area contributed by atoms with Crippen molar-refractivity contribution >= 4 is 33.9 Å². The second-order valence-electron chi connectivity index (χ2n) is 5.39. The summed E-state index contributed by atoms with van der Waals surface area (Å²) in [4.78, 5) is 9.87. The Hall–Kier alpha value is -2.46. The van der Waals surface area contributed by atoms with Gasteiger partial charge in [-0.15, -0.1) is 0 Å². The third-order valence-electron chi connectivity index (χ3n) is 3.69. The second-order valence-corrected chi connectivity index (χ2v) is 6.24. The van der Waals surface area contributed by atoms with E-state index in [1.165, 1.54) is 13.3 Å². The summed E-state index contributed by atoms with van der Waals surface area (Å²) in [5.74, 6) is 0.223. The number of ether oxygens (including phenoxy) is 2. The van der Waals surface area contributed by atoms with Gasteiger partial charge in [-0.3, -0.25) is 0 Å². The van der Waals surface area contributed by atoms with Crippen molar-refractivity contribution in [1.29, 1.82) is 0 Å². The quantitative estimate of drug-likeness (QED) is 0.560. The monoisotopic (exact) mass is 425 g/mol. The number of nitrogens with one attached hydrogen (secondary N) is 1. The fraction of sp³-hybridized carbons (Fsp3) is 0.312. The first-order chi connectivity index (χ1) is 12.6. The first-order valence-electron chi connectivity index (χ1n) is 7.79. The van der Waals surface area contributed by atoms with E-state index in [0.717, 1.165) is 6.20 Å². The fourth-order valence-corrected chi connectivity index (χ4v) is 2.86. The van der Waals surface area contributed by atoms with Crippen LogP contribution in [-0.4, -0.2) is 54.7 Å². The van der Waals surface area contributed by atoms with E-state index in [2.05, 4.69) is 36.4 Å². The zero-order valence-electron chi connectivity index (χ0n) is 13.9. The lowest BCUT2D eigenvalue weighted by atomic mass is 10.2. The maximum absolute atomic E-state index is 14.0. The molecule has 2 N–H and O–H groups in total. The van der Waals surface area contributed by atoms with Crippen LogP contribution >= 0.6 is 15.9 Å². The van der Waals surface area contributed by atoms with Gasteiger partial charge < -0.3 is 19.5 Å². The molecule has 0 unspecified atom stereocenters. The van der Waals surface area contributed by atoms with Crippen molar-refractivity contribution in [1.82, 2.24) is 9.97 Å². The van der Waals surface area contributed by atoms with Gasteiger partial charge in [0.15, 0.2) is 23.1 Å². The highest BCUT2D eigenvalue weighted by Crippen LogP contribution is 2.34. The molecule has 138 valence electrons. The van der Waals surface area contributed by atoms with Crippen LogP contribution < -0.4 is 15.1 Å². The minimum absolute atomic E-state index is 0.00892. The number of nitrogens with zero attached hydrogens (tertiary/aromatic N) is 4. The Morgan fingerprint density at radius 3 is 2.92 bits per heavy atom. The minimum atomic E-state index is -0.492. The number of aromatic nitrogens is 2. The molecule has 1 aliphatic rings. The molecule has 8 nitrogen and oxygen atoms in total. The van der Waals surface area contributed by atoms with Crippen LogP contribution in [0, 0.1) is 5.82 Å². The number of phenolic OH excluding ortho intramolecular Hbond substituents is 1. The van der Waals surface area contributed by atoms with E-state index in [0.29, 0.717) is 42.1 Å². The molecule has 1 saturated heterocycles. The molecule has 0 aliphatic carbocycles. The molecule has 0 atom stereocenters. The summed E-state index contributed by atoms with van der Waals surface area (Å²) in [7, 11) is 1.46. The zero-order chi connectivity index (χ0) is 18.5. The molecule has 10 heteroatoms. The third kappa shape index (κ3) is 4.20. The van der Waals surface area contributed by atoms with Gasteiger partial charge in [-0.2, -0.15) is 10.1 Å². The molecule has 0 amide bonds. The van der Waals surface area contributed by atoms with Gasteiger partial charge in [0.05, 0.1) is 37.2 Å². The number of rotatable bonds is 5. The number of hydrogen-bond acceptors (Lipinski definition) is 8. The lowest BCUT2D eigenvalue weighted by molar-refractivity contribution is 0.122. The summed E-state index contributed by atoms with van der Waals surface area (Å²) in [5, 5.41) is 13.9. The molecule has 0 radical (unpaired) electrons. The predicted octanol–water partition coefficient (Wildman–Crippen LogP) is 2.38. The topological polar surface area (TPSA) is 92.1 Å². The van der Waals surface area contributed by atoms with Gasteiger partial charge >= 0.3 is 0 Å². The number of aromatic hydroxyl groups is 1. The highest BCUT2D eigenvalue weighted by atomic mass is 79.9. The smallest absolute Gasteiger partial charge is 0.245 e. The van der Waals surface area contributed by atoms with Gasteiger partial charge in [-0.25, -0.2) is 14.8 Å². The molecule has 1 fully saturated rings. The van der Waals surface area contributed by atoms with Crippen LogP contribution in [0.15, 0.2) is 27.9 Å². The Balaban J connectivity index is 1.73. The maximum Gasteiger partial charge on any atom is 0.245 e. The standard InChI is InChI=1S/C16H17BrFN5O3/c1-25-13-7-10(6-11(17)14(13)24)8-20-22-16-19-9-12(18)15(21-16)23-2-4-26-5-3-23/h6-9,24H,2-5H2,1H3,(H,19,21,22). The summed E-state index contributed by atoms with van der Waals surface area (Å²) in [6, 6.07) is 3.30. The van der Waals surface area contributed by atoms with Crippen molar-refractivity contribution in [2.24, 2.45) is 5.10 Å². The Labute approximate surface area is 157 Å². The van der Waals surface area contributed by atoms with Crippen molar-refractivity contribution in [3.63, 3.8) is 0 Å². The Morgan fingerprint density at radius 1 is 1.42 bits per heavy atom. The highest BCUT2D eigenvalue weighted by Gasteiger charge is 2.17. The normalized spacial score (nSPS) is 14.7. The molecular weight excluding hydrogens is 409 g/mol. The first kappa shape index (κ1) is 18.3. The molecular formula is C16H17BrFN5O3. The summed E-state index contributed by atoms with van der Waals surface area (Å²) in [5.41, 5.74) is 3.35. The highest BCUT2D eigenvalue weighted by molar-refractivity contribution is 9.10. The van der Waals surface area contributed by atoms with Crippen LogP contribution in [0.4, 0.5) is 16.2 Å². The summed E-state index contributed by atoms with van der Waals surface area (Å²) in [6.45, 7) is 2.19. The minimum Gasteiger partial charge on any atom is -0.503 e. The fourth-order valence-electron chi connectivity index (χ4n) is 2.40. The van der Waals surface area contributed by atoms with E-state index >= 15 is 0 Å². The van der Waals surface area contributed by atoms with E-state index < -0.39 is 5.82 Å². The van der Waals surface area contributed by atoms with Gasteiger partial charge in [-0.1, -0.05) is 0 Å². The van der Waals surface area contributed by atoms with Crippen LogP contribution in [-0.2, 0) is 4.74 Å². The summed E-state index contributed by atoms with van der Waals surface area (Å²) >= 11 is 3.24. The molecule has 1 aliphatic heterocycles. The van der Waals surface area contributed by atoms with Gasteiger partial charge in [0, 0.05) is 13.1 Å². The number of benzene rings is 1. The Morgan fingerprint density at radius 2 is 2.19 bits per heavy atom. The zero-order valence-corrected chi connectivity index (χ0v) is 15.5. The average molecular weight is 426 g/mol. The summed E-state index contributed by atoms with van der Waals surface area (Å²) < 4.78 is 24.8. The van der Waals surface area contributed by atoms with E-state index in [9.17, 15) is 9.50 Å². The lowest BCUT2D eigenvalue weighted by Crippen LogP contribution is -2.37. The number of phenols is 1. The molecule has 0 spiro atoms. The van der Waals surface area contributed by atoms with Crippen LogP contribution in [0.1, 0.15) is 5.56 Å². The molecule has 0 bridgehead atoms. The number of hydrogen-bond donors (Lipinski definition) is 2. The second kappa shape index (κ2) is 8.28. The Kier molecular flexibility index (Phi) is 5.84. The van der Waals surface area contributed by atoms with Crippen LogP contribution in [0.25, 0.3) is 0 Å². The number of halogens is 2. The van der Waals surface area contributed by atoms with Crippen LogP contribution in [0.5, 0.6) is 11.5 Å². The van der Waals surface area contributed by atoms with E-state index in [4.69, 9.17) is 9.47 Å². The van der Waals surface area contributed by atoms with E-state index in [1.54, 1.807) is 17.0 Å². The van der Waals surface area contributed by atoms with Crippen molar-refractivity contribution < 1.29 is 19.0 Å². The molecule has 2 aromatic rings. The van der Waals surface area contributed by atoms with Crippen LogP contribution in [0.2, 0.25) is 0 Å². The molecule has 1 aromatic carbocycles. The van der Waals surface area contributed by atoms with Crippen molar-refractivity contribution in [2.75, 3.05) is 43.7 Å². The molecule has 3 rings (SSSR count).